The van der Waals surface area contributed by atoms with Gasteiger partial charge in [0.15, 0.2) is 0 Å². The van der Waals surface area contributed by atoms with E-state index in [4.69, 9.17) is 10.8 Å². The molecular weight excluding hydrogens is 256 g/mol. The van der Waals surface area contributed by atoms with Crippen molar-refractivity contribution in [3.05, 3.63) is 40.2 Å². The molecule has 2 aromatic rings. The average molecular weight is 274 g/mol. The molecule has 100 valence electrons. The second kappa shape index (κ2) is 7.13. The maximum atomic E-state index is 5.42. The van der Waals surface area contributed by atoms with Crippen molar-refractivity contribution >= 4 is 11.3 Å². The highest BCUT2D eigenvalue weighted by atomic mass is 32.1. The van der Waals surface area contributed by atoms with Crippen molar-refractivity contribution < 1.29 is 4.42 Å². The summed E-state index contributed by atoms with van der Waals surface area (Å²) in [6.45, 7) is 4.26. The first kappa shape index (κ1) is 13.9. The summed E-state index contributed by atoms with van der Waals surface area (Å²) in [7, 11) is 0. The summed E-state index contributed by atoms with van der Waals surface area (Å²) in [5, 5.41) is 3.33. The summed E-state index contributed by atoms with van der Waals surface area (Å²) in [6.07, 6.45) is 9.30. The Kier molecular flexibility index (Phi) is 5.20. The van der Waals surface area contributed by atoms with Gasteiger partial charge < -0.3 is 4.42 Å². The third-order valence-electron chi connectivity index (χ3n) is 2.72. The molecule has 0 aliphatic carbocycles. The molecule has 2 rings (SSSR count). The molecule has 0 unspecified atom stereocenters. The van der Waals surface area contributed by atoms with Gasteiger partial charge >= 0.3 is 0 Å². The van der Waals surface area contributed by atoms with Gasteiger partial charge in [0, 0.05) is 11.9 Å². The van der Waals surface area contributed by atoms with Crippen LogP contribution in [0.5, 0.6) is 0 Å². The molecule has 2 aromatic heterocycles. The van der Waals surface area contributed by atoms with E-state index >= 15 is 0 Å². The smallest absolute Gasteiger partial charge is 0.117 e. The summed E-state index contributed by atoms with van der Waals surface area (Å²) in [6, 6.07) is 3.86. The number of terminal acetylenes is 1. The van der Waals surface area contributed by atoms with E-state index in [1.54, 1.807) is 17.6 Å². The first-order valence-corrected chi connectivity index (χ1v) is 7.31. The van der Waals surface area contributed by atoms with Crippen molar-refractivity contribution in [3.63, 3.8) is 0 Å². The van der Waals surface area contributed by atoms with Gasteiger partial charge in [-0.25, -0.2) is 4.98 Å². The Morgan fingerprint density at radius 1 is 1.47 bits per heavy atom. The molecule has 2 heterocycles. The van der Waals surface area contributed by atoms with Crippen LogP contribution in [0, 0.1) is 12.3 Å². The summed E-state index contributed by atoms with van der Waals surface area (Å²) >= 11 is 1.73. The van der Waals surface area contributed by atoms with Crippen molar-refractivity contribution in [2.45, 2.75) is 32.9 Å². The van der Waals surface area contributed by atoms with Gasteiger partial charge in [0.05, 0.1) is 30.1 Å². The first-order chi connectivity index (χ1) is 9.31. The van der Waals surface area contributed by atoms with E-state index < -0.39 is 0 Å². The van der Waals surface area contributed by atoms with Crippen molar-refractivity contribution in [1.29, 1.82) is 0 Å². The summed E-state index contributed by atoms with van der Waals surface area (Å²) in [5.41, 5.74) is 1.09. The van der Waals surface area contributed by atoms with Gasteiger partial charge in [-0.2, -0.15) is 0 Å². The maximum Gasteiger partial charge on any atom is 0.117 e. The molecule has 0 fully saturated rings. The Hall–Kier alpha value is -1.57. The molecule has 4 heteroatoms. The molecule has 0 aromatic carbocycles. The minimum atomic E-state index is 0.599. The second-order valence-electron chi connectivity index (χ2n) is 4.41. The van der Waals surface area contributed by atoms with E-state index in [-0.39, 0.29) is 0 Å². The molecule has 0 N–H and O–H groups in total. The van der Waals surface area contributed by atoms with Crippen LogP contribution in [0.4, 0.5) is 0 Å². The fourth-order valence-corrected chi connectivity index (χ4v) is 2.79. The number of thiazole rings is 1. The second-order valence-corrected chi connectivity index (χ2v) is 5.35. The largest absolute Gasteiger partial charge is 0.468 e. The Balaban J connectivity index is 1.97. The molecule has 0 atom stereocenters. The quantitative estimate of drug-likeness (QED) is 0.725. The molecule has 19 heavy (non-hydrogen) atoms. The zero-order valence-corrected chi connectivity index (χ0v) is 11.9. The minimum Gasteiger partial charge on any atom is -0.468 e. The van der Waals surface area contributed by atoms with E-state index in [9.17, 15) is 0 Å². The molecule has 0 saturated carbocycles. The molecule has 0 bridgehead atoms. The van der Waals surface area contributed by atoms with Crippen molar-refractivity contribution in [1.82, 2.24) is 9.88 Å². The zero-order chi connectivity index (χ0) is 13.5. The standard InChI is InChI=1S/C15H18N2OS/c1-3-6-15-16-13(12-19-15)10-17(8-4-2)11-14-7-5-9-18-14/h2,5,7,9,12H,3,6,8,10-11H2,1H3. The maximum absolute atomic E-state index is 5.42. The number of aromatic nitrogens is 1. The van der Waals surface area contributed by atoms with Crippen LogP contribution < -0.4 is 0 Å². The fraction of sp³-hybridized carbons (Fsp3) is 0.400. The summed E-state index contributed by atoms with van der Waals surface area (Å²) < 4.78 is 5.36. The lowest BCUT2D eigenvalue weighted by Gasteiger charge is -2.16. The van der Waals surface area contributed by atoms with Crippen molar-refractivity contribution in [3.8, 4) is 12.3 Å². The van der Waals surface area contributed by atoms with Crippen LogP contribution in [-0.4, -0.2) is 16.4 Å². The normalized spacial score (nSPS) is 10.8. The molecule has 0 radical (unpaired) electrons. The van der Waals surface area contributed by atoms with Gasteiger partial charge in [-0.3, -0.25) is 4.90 Å². The lowest BCUT2D eigenvalue weighted by Crippen LogP contribution is -2.23. The highest BCUT2D eigenvalue weighted by Crippen LogP contribution is 2.15. The Bertz CT molecular complexity index is 525. The number of nitrogens with zero attached hydrogens (tertiary/aromatic N) is 2. The topological polar surface area (TPSA) is 29.3 Å². The van der Waals surface area contributed by atoms with Crippen LogP contribution in [0.2, 0.25) is 0 Å². The van der Waals surface area contributed by atoms with Crippen molar-refractivity contribution in [2.75, 3.05) is 6.54 Å². The van der Waals surface area contributed by atoms with E-state index in [1.165, 1.54) is 5.01 Å². The number of rotatable bonds is 7. The number of hydrogen-bond donors (Lipinski definition) is 0. The predicted octanol–water partition coefficient (Wildman–Crippen LogP) is 3.32. The summed E-state index contributed by atoms with van der Waals surface area (Å²) in [4.78, 5) is 6.79. The van der Waals surface area contributed by atoms with E-state index in [0.29, 0.717) is 6.54 Å². The Labute approximate surface area is 118 Å². The van der Waals surface area contributed by atoms with Crippen molar-refractivity contribution in [2.24, 2.45) is 0 Å². The summed E-state index contributed by atoms with van der Waals surface area (Å²) in [5.74, 6) is 3.62. The third-order valence-corrected chi connectivity index (χ3v) is 3.68. The fourth-order valence-electron chi connectivity index (χ4n) is 1.90. The average Bonchev–Trinajstić information content (AvgIpc) is 3.02. The van der Waals surface area contributed by atoms with Gasteiger partial charge in [-0.1, -0.05) is 12.8 Å². The van der Waals surface area contributed by atoms with Crippen LogP contribution in [-0.2, 0) is 19.5 Å². The minimum absolute atomic E-state index is 0.599. The Morgan fingerprint density at radius 2 is 2.37 bits per heavy atom. The number of furan rings is 1. The highest BCUT2D eigenvalue weighted by Gasteiger charge is 2.10. The molecule has 0 spiro atoms. The monoisotopic (exact) mass is 274 g/mol. The predicted molar refractivity (Wildman–Crippen MR) is 77.8 cm³/mol. The number of hydrogen-bond acceptors (Lipinski definition) is 4. The molecule has 0 aliphatic rings. The molecule has 0 saturated heterocycles. The Morgan fingerprint density at radius 3 is 3.05 bits per heavy atom. The zero-order valence-electron chi connectivity index (χ0n) is 11.1. The van der Waals surface area contributed by atoms with Crippen LogP contribution in [0.1, 0.15) is 29.8 Å². The highest BCUT2D eigenvalue weighted by molar-refractivity contribution is 7.09. The number of aryl methyl sites for hydroxylation is 1. The van der Waals surface area contributed by atoms with Gasteiger partial charge in [-0.05, 0) is 25.0 Å². The van der Waals surface area contributed by atoms with Gasteiger partial charge in [-0.15, -0.1) is 17.8 Å². The lowest BCUT2D eigenvalue weighted by atomic mass is 10.3. The first-order valence-electron chi connectivity index (χ1n) is 6.43. The molecule has 0 aliphatic heterocycles. The van der Waals surface area contributed by atoms with E-state index in [1.807, 2.05) is 12.1 Å². The van der Waals surface area contributed by atoms with Crippen LogP contribution in [0.25, 0.3) is 0 Å². The van der Waals surface area contributed by atoms with Crippen LogP contribution in [0.3, 0.4) is 0 Å². The van der Waals surface area contributed by atoms with E-state index in [0.717, 1.165) is 37.4 Å². The SMILES string of the molecule is C#CCN(Cc1csc(CCC)n1)Cc1ccco1. The van der Waals surface area contributed by atoms with Crippen LogP contribution in [0.15, 0.2) is 28.2 Å². The molecule has 3 nitrogen and oxygen atoms in total. The van der Waals surface area contributed by atoms with Gasteiger partial charge in [0.25, 0.3) is 0 Å². The third kappa shape index (κ3) is 4.23. The molecular formula is C15H18N2OS. The van der Waals surface area contributed by atoms with Gasteiger partial charge in [0.1, 0.15) is 5.76 Å². The van der Waals surface area contributed by atoms with E-state index in [2.05, 4.69) is 28.1 Å². The van der Waals surface area contributed by atoms with Crippen LogP contribution >= 0.6 is 11.3 Å². The van der Waals surface area contributed by atoms with Gasteiger partial charge in [0.2, 0.25) is 0 Å². The molecule has 0 amide bonds. The lowest BCUT2D eigenvalue weighted by molar-refractivity contribution is 0.261.